The summed E-state index contributed by atoms with van der Waals surface area (Å²) in [7, 11) is -1.11. The number of benzene rings is 2. The molecule has 2 unspecified atom stereocenters. The molecule has 0 saturated carbocycles. The zero-order chi connectivity index (χ0) is 25.8. The molecule has 1 aromatic heterocycles. The predicted octanol–water partition coefficient (Wildman–Crippen LogP) is 4.96. The van der Waals surface area contributed by atoms with Gasteiger partial charge in [-0.2, -0.15) is 0 Å². The first kappa shape index (κ1) is 26.1. The van der Waals surface area contributed by atoms with Gasteiger partial charge in [0.2, 0.25) is 5.91 Å². The number of allylic oxidation sites excluding steroid dienone is 1. The molecule has 7 nitrogen and oxygen atoms in total. The number of rotatable bonds is 7. The van der Waals surface area contributed by atoms with Gasteiger partial charge in [-0.25, -0.2) is 0 Å². The fraction of sp³-hybridized carbons (Fsp3) is 0.296. The number of hydrogen-bond donors (Lipinski definition) is 2. The Morgan fingerprint density at radius 3 is 2.54 bits per heavy atom. The van der Waals surface area contributed by atoms with Crippen LogP contribution in [-0.4, -0.2) is 33.1 Å². The third-order valence-corrected chi connectivity index (χ3v) is 6.27. The zero-order valence-electron chi connectivity index (χ0n) is 21.0. The Bertz CT molecular complexity index is 1330. The number of carbonyl (C=O) groups excluding carboxylic acids is 1. The number of nitrogens with one attached hydrogen (secondary N) is 1. The van der Waals surface area contributed by atoms with E-state index in [2.05, 4.69) is 15.3 Å². The molecule has 0 bridgehead atoms. The van der Waals surface area contributed by atoms with Crippen LogP contribution in [-0.2, 0) is 15.6 Å². The normalized spacial score (nSPS) is 14.2. The van der Waals surface area contributed by atoms with Crippen molar-refractivity contribution in [1.82, 2.24) is 10.3 Å². The van der Waals surface area contributed by atoms with E-state index in [4.69, 9.17) is 10.5 Å². The van der Waals surface area contributed by atoms with E-state index in [0.29, 0.717) is 22.1 Å². The van der Waals surface area contributed by atoms with E-state index in [1.54, 1.807) is 24.7 Å². The molecular weight excluding hydrogens is 460 g/mol. The number of aliphatic imine (C=N–C) groups is 1. The van der Waals surface area contributed by atoms with Crippen LogP contribution in [0, 0.1) is 6.92 Å². The fourth-order valence-corrected chi connectivity index (χ4v) is 3.87. The minimum absolute atomic E-state index is 0.185. The molecule has 0 aliphatic heterocycles. The van der Waals surface area contributed by atoms with E-state index in [1.807, 2.05) is 71.0 Å². The molecular formula is C27H32N4O3S. The van der Waals surface area contributed by atoms with Crippen LogP contribution < -0.4 is 15.8 Å². The second kappa shape index (κ2) is 10.8. The Labute approximate surface area is 209 Å². The molecule has 1 amide bonds. The van der Waals surface area contributed by atoms with Crippen molar-refractivity contribution >= 4 is 33.8 Å². The Morgan fingerprint density at radius 1 is 1.17 bits per heavy atom. The van der Waals surface area contributed by atoms with Gasteiger partial charge < -0.3 is 15.8 Å². The summed E-state index contributed by atoms with van der Waals surface area (Å²) in [6, 6.07) is 12.9. The molecule has 3 aromatic rings. The Balaban J connectivity index is 1.80. The van der Waals surface area contributed by atoms with Gasteiger partial charge in [0.1, 0.15) is 11.5 Å². The van der Waals surface area contributed by atoms with Crippen molar-refractivity contribution in [3.05, 3.63) is 71.7 Å². The van der Waals surface area contributed by atoms with Crippen molar-refractivity contribution in [2.24, 2.45) is 10.7 Å². The van der Waals surface area contributed by atoms with E-state index in [1.165, 1.54) is 6.20 Å². The number of carbonyl (C=O) groups is 1. The molecule has 0 saturated heterocycles. The van der Waals surface area contributed by atoms with Crippen LogP contribution in [0.2, 0.25) is 0 Å². The molecule has 2 aromatic carbocycles. The van der Waals surface area contributed by atoms with Gasteiger partial charge in [0.05, 0.1) is 22.7 Å². The first-order valence-corrected chi connectivity index (χ1v) is 12.8. The minimum atomic E-state index is -1.11. The van der Waals surface area contributed by atoms with Gasteiger partial charge in [0.25, 0.3) is 0 Å². The monoisotopic (exact) mass is 492 g/mol. The van der Waals surface area contributed by atoms with Crippen molar-refractivity contribution in [3.8, 4) is 11.5 Å². The molecule has 0 spiro atoms. The number of fused-ring (bicyclic) bond motifs is 1. The average molecular weight is 493 g/mol. The third kappa shape index (κ3) is 6.76. The van der Waals surface area contributed by atoms with Crippen LogP contribution >= 0.6 is 0 Å². The van der Waals surface area contributed by atoms with E-state index < -0.39 is 16.7 Å². The number of aryl methyl sites for hydroxylation is 1. The van der Waals surface area contributed by atoms with Crippen molar-refractivity contribution in [3.63, 3.8) is 0 Å². The predicted molar refractivity (Wildman–Crippen MR) is 142 cm³/mol. The molecule has 3 rings (SSSR count). The summed E-state index contributed by atoms with van der Waals surface area (Å²) >= 11 is 0. The van der Waals surface area contributed by atoms with Crippen LogP contribution in [0.3, 0.4) is 0 Å². The van der Waals surface area contributed by atoms with Gasteiger partial charge in [0.15, 0.2) is 0 Å². The highest BCUT2D eigenvalue weighted by atomic mass is 32.2. The standard InChI is InChI=1S/C27H32N4O3S/c1-17-13-19(18(2)26(32)31-20(15-28)16-30-27(3,4)5)7-10-24(17)34-25-11-12-29-23-9-8-21(35(6)33)14-22(23)25/h7-16,18H,28H2,1-6H3,(H,31,32)/b20-15+,30-16?. The van der Waals surface area contributed by atoms with E-state index in [9.17, 15) is 9.00 Å². The van der Waals surface area contributed by atoms with E-state index >= 15 is 0 Å². The summed E-state index contributed by atoms with van der Waals surface area (Å²) in [5.41, 5.74) is 8.33. The van der Waals surface area contributed by atoms with E-state index in [-0.39, 0.29) is 11.4 Å². The number of pyridine rings is 1. The molecule has 0 aliphatic rings. The second-order valence-electron chi connectivity index (χ2n) is 9.33. The first-order valence-electron chi connectivity index (χ1n) is 11.3. The van der Waals surface area contributed by atoms with Gasteiger partial charge in [-0.3, -0.25) is 19.0 Å². The van der Waals surface area contributed by atoms with Crippen LogP contribution in [0.25, 0.3) is 10.9 Å². The fourth-order valence-electron chi connectivity index (χ4n) is 3.32. The van der Waals surface area contributed by atoms with Crippen molar-refractivity contribution in [2.45, 2.75) is 51.0 Å². The summed E-state index contributed by atoms with van der Waals surface area (Å²) in [6.45, 7) is 9.66. The number of ether oxygens (including phenoxy) is 1. The topological polar surface area (TPSA) is 107 Å². The summed E-state index contributed by atoms with van der Waals surface area (Å²) in [5, 5.41) is 3.62. The highest BCUT2D eigenvalue weighted by molar-refractivity contribution is 7.84. The molecule has 2 atom stereocenters. The quantitative estimate of drug-likeness (QED) is 0.453. The largest absolute Gasteiger partial charge is 0.456 e. The van der Waals surface area contributed by atoms with Crippen LogP contribution in [0.5, 0.6) is 11.5 Å². The highest BCUT2D eigenvalue weighted by Crippen LogP contribution is 2.33. The molecule has 1 heterocycles. The number of nitrogens with two attached hydrogens (primary N) is 1. The molecule has 8 heteroatoms. The Hall–Kier alpha value is -3.52. The maximum absolute atomic E-state index is 12.8. The van der Waals surface area contributed by atoms with Gasteiger partial charge in [-0.15, -0.1) is 0 Å². The summed E-state index contributed by atoms with van der Waals surface area (Å²) in [4.78, 5) is 22.3. The summed E-state index contributed by atoms with van der Waals surface area (Å²) in [5.74, 6) is 0.691. The van der Waals surface area contributed by atoms with Crippen molar-refractivity contribution in [2.75, 3.05) is 6.26 Å². The van der Waals surface area contributed by atoms with Gasteiger partial charge in [0, 0.05) is 45.9 Å². The van der Waals surface area contributed by atoms with Crippen molar-refractivity contribution < 1.29 is 13.7 Å². The Kier molecular flexibility index (Phi) is 8.07. The second-order valence-corrected chi connectivity index (χ2v) is 10.7. The van der Waals surface area contributed by atoms with Crippen LogP contribution in [0.15, 0.2) is 70.4 Å². The lowest BCUT2D eigenvalue weighted by molar-refractivity contribution is -0.121. The smallest absolute Gasteiger partial charge is 0.231 e. The molecule has 0 fully saturated rings. The molecule has 35 heavy (non-hydrogen) atoms. The third-order valence-electron chi connectivity index (χ3n) is 5.36. The number of nitrogens with zero attached hydrogens (tertiary/aromatic N) is 2. The lowest BCUT2D eigenvalue weighted by Gasteiger charge is -2.17. The number of aromatic nitrogens is 1. The van der Waals surface area contributed by atoms with E-state index in [0.717, 1.165) is 22.0 Å². The highest BCUT2D eigenvalue weighted by Gasteiger charge is 2.18. The molecule has 184 valence electrons. The van der Waals surface area contributed by atoms with Gasteiger partial charge in [-0.05, 0) is 76.1 Å². The summed E-state index contributed by atoms with van der Waals surface area (Å²) < 4.78 is 18.2. The molecule has 3 N–H and O–H groups in total. The summed E-state index contributed by atoms with van der Waals surface area (Å²) in [6.07, 6.45) is 6.23. The maximum Gasteiger partial charge on any atom is 0.231 e. The molecule has 0 aliphatic carbocycles. The number of hydrogen-bond acceptors (Lipinski definition) is 6. The Morgan fingerprint density at radius 2 is 1.91 bits per heavy atom. The van der Waals surface area contributed by atoms with Gasteiger partial charge >= 0.3 is 0 Å². The number of amides is 1. The average Bonchev–Trinajstić information content (AvgIpc) is 2.81. The zero-order valence-corrected chi connectivity index (χ0v) is 21.8. The lowest BCUT2D eigenvalue weighted by Crippen LogP contribution is -2.29. The van der Waals surface area contributed by atoms with Gasteiger partial charge in [-0.1, -0.05) is 12.1 Å². The maximum atomic E-state index is 12.8. The SMILES string of the molecule is Cc1cc(C(C)C(=O)N/C(C=NC(C)(C)C)=C/N)ccc1Oc1ccnc2ccc(S(C)=O)cc12. The van der Waals surface area contributed by atoms with Crippen LogP contribution in [0.4, 0.5) is 0 Å². The minimum Gasteiger partial charge on any atom is -0.456 e. The molecule has 0 radical (unpaired) electrons. The van der Waals surface area contributed by atoms with Crippen molar-refractivity contribution in [1.29, 1.82) is 0 Å². The first-order chi connectivity index (χ1) is 16.5. The lowest BCUT2D eigenvalue weighted by atomic mass is 9.98. The van der Waals surface area contributed by atoms with Crippen LogP contribution in [0.1, 0.15) is 44.7 Å².